The van der Waals surface area contributed by atoms with Crippen molar-refractivity contribution in [3.05, 3.63) is 23.3 Å². The number of hydrogen-bond donors (Lipinski definition) is 0. The number of sulfonamides is 1. The van der Waals surface area contributed by atoms with E-state index in [1.165, 1.54) is 10.7 Å². The lowest BCUT2D eigenvalue weighted by Crippen LogP contribution is -2.52. The standard InChI is InChI=1S/C28H48N4O5S/c1-21(2)26-19-25(36-7)17-22(3)28(26)38(34,35)30(5)15-16-37-20-27(33)31(6)23-9-8-10-24(18-23)32-13-11-29(4)12-14-32/h17,19,21,23-24H,8-16,18,20H2,1-7H3/t23-,24+/m1/s1. The van der Waals surface area contributed by atoms with E-state index in [-0.39, 0.29) is 37.6 Å². The number of carbonyl (C=O) groups excluding carboxylic acids is 1. The van der Waals surface area contributed by atoms with Crippen molar-refractivity contribution in [3.8, 4) is 5.75 Å². The minimum atomic E-state index is -3.73. The van der Waals surface area contributed by atoms with Crippen LogP contribution in [0.4, 0.5) is 0 Å². The molecule has 38 heavy (non-hydrogen) atoms. The smallest absolute Gasteiger partial charge is 0.248 e. The zero-order chi connectivity index (χ0) is 28.0. The minimum Gasteiger partial charge on any atom is -0.497 e. The molecule has 2 fully saturated rings. The van der Waals surface area contributed by atoms with E-state index in [1.807, 2.05) is 25.8 Å². The molecule has 0 spiro atoms. The summed E-state index contributed by atoms with van der Waals surface area (Å²) in [6.45, 7) is 10.4. The molecule has 1 aliphatic carbocycles. The summed E-state index contributed by atoms with van der Waals surface area (Å²) in [5.41, 5.74) is 1.38. The van der Waals surface area contributed by atoms with E-state index in [9.17, 15) is 13.2 Å². The van der Waals surface area contributed by atoms with E-state index in [4.69, 9.17) is 9.47 Å². The van der Waals surface area contributed by atoms with Gasteiger partial charge in [0.25, 0.3) is 0 Å². The molecule has 216 valence electrons. The van der Waals surface area contributed by atoms with Crippen molar-refractivity contribution in [1.82, 2.24) is 19.0 Å². The number of hydrogen-bond acceptors (Lipinski definition) is 7. The maximum atomic E-state index is 13.4. The second-order valence-electron chi connectivity index (χ2n) is 11.2. The molecule has 1 amide bonds. The molecule has 0 unspecified atom stereocenters. The number of rotatable bonds is 11. The number of nitrogens with zero attached hydrogens (tertiary/aromatic N) is 4. The summed E-state index contributed by atoms with van der Waals surface area (Å²) in [5.74, 6) is 0.612. The largest absolute Gasteiger partial charge is 0.497 e. The third kappa shape index (κ3) is 7.47. The molecule has 1 aromatic carbocycles. The Balaban J connectivity index is 1.51. The van der Waals surface area contributed by atoms with Crippen LogP contribution in [0.2, 0.25) is 0 Å². The highest BCUT2D eigenvalue weighted by Gasteiger charge is 2.32. The van der Waals surface area contributed by atoms with Crippen LogP contribution in [0.3, 0.4) is 0 Å². The fraction of sp³-hybridized carbons (Fsp3) is 0.750. The Morgan fingerprint density at radius 3 is 2.45 bits per heavy atom. The number of carbonyl (C=O) groups is 1. The van der Waals surface area contributed by atoms with Gasteiger partial charge < -0.3 is 19.3 Å². The highest BCUT2D eigenvalue weighted by molar-refractivity contribution is 7.89. The van der Waals surface area contributed by atoms with Crippen LogP contribution >= 0.6 is 0 Å². The Labute approximate surface area is 230 Å². The topological polar surface area (TPSA) is 82.6 Å². The Morgan fingerprint density at radius 1 is 1.13 bits per heavy atom. The Morgan fingerprint density at radius 2 is 1.82 bits per heavy atom. The summed E-state index contributed by atoms with van der Waals surface area (Å²) < 4.78 is 39.2. The van der Waals surface area contributed by atoms with Gasteiger partial charge in [-0.15, -0.1) is 0 Å². The first-order valence-corrected chi connectivity index (χ1v) is 15.3. The number of likely N-dealkylation sites (N-methyl/N-ethyl adjacent to an activating group) is 3. The third-order valence-corrected chi connectivity index (χ3v) is 10.3. The Bertz CT molecular complexity index is 1040. The molecule has 10 heteroatoms. The molecule has 0 N–H and O–H groups in total. The molecule has 0 bridgehead atoms. The van der Waals surface area contributed by atoms with Crippen molar-refractivity contribution in [3.63, 3.8) is 0 Å². The lowest BCUT2D eigenvalue weighted by Gasteiger charge is -2.43. The lowest BCUT2D eigenvalue weighted by atomic mass is 9.88. The van der Waals surface area contributed by atoms with Crippen LogP contribution in [0.1, 0.15) is 56.6 Å². The second kappa shape index (κ2) is 13.6. The van der Waals surface area contributed by atoms with Gasteiger partial charge in [0.1, 0.15) is 12.4 Å². The monoisotopic (exact) mass is 552 g/mol. The zero-order valence-corrected chi connectivity index (χ0v) is 25.2. The van der Waals surface area contributed by atoms with Crippen LogP contribution in [0, 0.1) is 6.92 Å². The van der Waals surface area contributed by atoms with E-state index in [0.29, 0.717) is 22.3 Å². The maximum absolute atomic E-state index is 13.4. The summed E-state index contributed by atoms with van der Waals surface area (Å²) in [6.07, 6.45) is 4.36. The van der Waals surface area contributed by atoms with Crippen molar-refractivity contribution < 1.29 is 22.7 Å². The van der Waals surface area contributed by atoms with Crippen molar-refractivity contribution in [2.24, 2.45) is 0 Å². The molecule has 0 radical (unpaired) electrons. The van der Waals surface area contributed by atoms with Gasteiger partial charge in [0, 0.05) is 58.9 Å². The van der Waals surface area contributed by atoms with Gasteiger partial charge in [0.05, 0.1) is 18.6 Å². The van der Waals surface area contributed by atoms with Crippen LogP contribution in [0.5, 0.6) is 5.75 Å². The highest BCUT2D eigenvalue weighted by Crippen LogP contribution is 2.33. The number of benzene rings is 1. The first-order chi connectivity index (χ1) is 17.9. The molecule has 0 aromatic heterocycles. The summed E-state index contributed by atoms with van der Waals surface area (Å²) >= 11 is 0. The van der Waals surface area contributed by atoms with Crippen LogP contribution < -0.4 is 4.74 Å². The number of methoxy groups -OCH3 is 1. The minimum absolute atomic E-state index is 0.0158. The number of amides is 1. The molecule has 2 atom stereocenters. The molecule has 1 saturated carbocycles. The van der Waals surface area contributed by atoms with Crippen molar-refractivity contribution in [2.45, 2.75) is 69.4 Å². The van der Waals surface area contributed by atoms with Gasteiger partial charge in [-0.05, 0) is 68.8 Å². The van der Waals surface area contributed by atoms with Gasteiger partial charge in [-0.3, -0.25) is 9.69 Å². The molecule has 3 rings (SSSR count). The zero-order valence-electron chi connectivity index (χ0n) is 24.4. The molecule has 1 aliphatic heterocycles. The molecular formula is C28H48N4O5S. The van der Waals surface area contributed by atoms with Crippen molar-refractivity contribution >= 4 is 15.9 Å². The first-order valence-electron chi connectivity index (χ1n) is 13.9. The molecule has 1 aromatic rings. The van der Waals surface area contributed by atoms with E-state index < -0.39 is 10.0 Å². The van der Waals surface area contributed by atoms with Crippen LogP contribution in [0.25, 0.3) is 0 Å². The summed E-state index contributed by atoms with van der Waals surface area (Å²) in [6, 6.07) is 4.30. The first kappa shape index (κ1) is 30.8. The molecule has 9 nitrogen and oxygen atoms in total. The van der Waals surface area contributed by atoms with E-state index in [0.717, 1.165) is 51.0 Å². The quantitative estimate of drug-likeness (QED) is 0.391. The normalized spacial score (nSPS) is 21.7. The maximum Gasteiger partial charge on any atom is 0.248 e. The van der Waals surface area contributed by atoms with E-state index >= 15 is 0 Å². The van der Waals surface area contributed by atoms with Gasteiger partial charge in [-0.25, -0.2) is 8.42 Å². The lowest BCUT2D eigenvalue weighted by molar-refractivity contribution is -0.138. The van der Waals surface area contributed by atoms with Crippen molar-refractivity contribution in [2.75, 3.05) is 74.2 Å². The fourth-order valence-electron chi connectivity index (χ4n) is 5.61. The fourth-order valence-corrected chi connectivity index (χ4v) is 7.29. The van der Waals surface area contributed by atoms with Crippen LogP contribution in [-0.2, 0) is 19.6 Å². The molecule has 1 heterocycles. The average Bonchev–Trinajstić information content (AvgIpc) is 2.90. The average molecular weight is 553 g/mol. The SMILES string of the molecule is COc1cc(C)c(S(=O)(=O)N(C)CCOCC(=O)N(C)[C@@H]2CCC[C@H](N3CCN(C)CC3)C2)c(C(C)C)c1. The molecular weight excluding hydrogens is 504 g/mol. The predicted molar refractivity (Wildman–Crippen MR) is 150 cm³/mol. The van der Waals surface area contributed by atoms with Crippen LogP contribution in [-0.4, -0.2) is 120 Å². The number of ether oxygens (including phenoxy) is 2. The number of piperazine rings is 1. The highest BCUT2D eigenvalue weighted by atomic mass is 32.2. The Hall–Kier alpha value is -1.72. The van der Waals surface area contributed by atoms with Gasteiger partial charge >= 0.3 is 0 Å². The second-order valence-corrected chi connectivity index (χ2v) is 13.2. The molecule has 1 saturated heterocycles. The van der Waals surface area contributed by atoms with Gasteiger partial charge in [-0.2, -0.15) is 4.31 Å². The predicted octanol–water partition coefficient (Wildman–Crippen LogP) is 2.78. The van der Waals surface area contributed by atoms with Gasteiger partial charge in [-0.1, -0.05) is 13.8 Å². The van der Waals surface area contributed by atoms with Gasteiger partial charge in [0.15, 0.2) is 0 Å². The molecule has 2 aliphatic rings. The van der Waals surface area contributed by atoms with Crippen LogP contribution in [0.15, 0.2) is 17.0 Å². The third-order valence-electron chi connectivity index (χ3n) is 8.19. The number of aryl methyl sites for hydroxylation is 1. The van der Waals surface area contributed by atoms with Gasteiger partial charge in [0.2, 0.25) is 15.9 Å². The van der Waals surface area contributed by atoms with E-state index in [2.05, 4.69) is 16.8 Å². The summed E-state index contributed by atoms with van der Waals surface area (Å²) in [7, 11) is 3.45. The summed E-state index contributed by atoms with van der Waals surface area (Å²) in [4.78, 5) is 20.0. The summed E-state index contributed by atoms with van der Waals surface area (Å²) in [5, 5.41) is 0. The Kier molecular flexibility index (Phi) is 11.0. The van der Waals surface area contributed by atoms with E-state index in [1.54, 1.807) is 33.2 Å². The van der Waals surface area contributed by atoms with Crippen molar-refractivity contribution in [1.29, 1.82) is 0 Å².